The molecule has 2 aromatic rings. The van der Waals surface area contributed by atoms with E-state index in [2.05, 4.69) is 15.5 Å². The van der Waals surface area contributed by atoms with Crippen LogP contribution in [0.25, 0.3) is 11.1 Å². The molecular formula is C14H13FN4O. The first kappa shape index (κ1) is 13.7. The fourth-order valence-electron chi connectivity index (χ4n) is 1.77. The van der Waals surface area contributed by atoms with E-state index in [1.165, 1.54) is 18.5 Å². The number of hydrazone groups is 1. The van der Waals surface area contributed by atoms with Crippen molar-refractivity contribution in [2.24, 2.45) is 10.8 Å². The van der Waals surface area contributed by atoms with Crippen LogP contribution in [0.1, 0.15) is 11.1 Å². The molecule has 0 aliphatic rings. The number of primary amides is 1. The number of nitrogens with zero attached hydrogens (tertiary/aromatic N) is 2. The molecule has 0 aliphatic heterocycles. The second kappa shape index (κ2) is 5.92. The van der Waals surface area contributed by atoms with Crippen LogP contribution in [0.5, 0.6) is 0 Å². The van der Waals surface area contributed by atoms with Gasteiger partial charge in [0.1, 0.15) is 0 Å². The molecule has 6 heteroatoms. The zero-order valence-corrected chi connectivity index (χ0v) is 10.8. The summed E-state index contributed by atoms with van der Waals surface area (Å²) >= 11 is 0. The lowest BCUT2D eigenvalue weighted by Gasteiger charge is -2.05. The third-order valence-corrected chi connectivity index (χ3v) is 2.55. The molecule has 2 rings (SSSR count). The van der Waals surface area contributed by atoms with Gasteiger partial charge in [-0.2, -0.15) is 9.49 Å². The number of carbonyl (C=O) groups is 1. The van der Waals surface area contributed by atoms with E-state index in [0.29, 0.717) is 0 Å². The molecule has 0 radical (unpaired) electrons. The first-order valence-electron chi connectivity index (χ1n) is 5.87. The number of hydrogen-bond donors (Lipinski definition) is 2. The van der Waals surface area contributed by atoms with E-state index in [4.69, 9.17) is 5.73 Å². The Morgan fingerprint density at radius 2 is 2.15 bits per heavy atom. The molecule has 2 amide bonds. The van der Waals surface area contributed by atoms with Crippen molar-refractivity contribution in [2.75, 3.05) is 0 Å². The van der Waals surface area contributed by atoms with Crippen LogP contribution in [-0.4, -0.2) is 17.2 Å². The molecule has 5 nitrogen and oxygen atoms in total. The minimum atomic E-state index is -0.725. The molecule has 0 aliphatic carbocycles. The number of aromatic nitrogens is 1. The number of nitrogens with one attached hydrogen (secondary N) is 1. The highest BCUT2D eigenvalue weighted by atomic mass is 19.1. The summed E-state index contributed by atoms with van der Waals surface area (Å²) in [6.07, 6.45) is 2.95. The van der Waals surface area contributed by atoms with Crippen LogP contribution in [0.3, 0.4) is 0 Å². The standard InChI is InChI=1S/C14H13FN4O/c1-9-4-10(7-18-19-14(16)20)6-12(5-9)11-2-3-13(15)17-8-11/h2-8H,1H3,(H3,16,19,20). The maximum atomic E-state index is 12.8. The van der Waals surface area contributed by atoms with Gasteiger partial charge >= 0.3 is 6.03 Å². The number of amides is 2. The number of urea groups is 1. The lowest BCUT2D eigenvalue weighted by molar-refractivity contribution is 0.249. The zero-order valence-electron chi connectivity index (χ0n) is 10.8. The third-order valence-electron chi connectivity index (χ3n) is 2.55. The first-order valence-corrected chi connectivity index (χ1v) is 5.87. The Labute approximate surface area is 115 Å². The van der Waals surface area contributed by atoms with E-state index >= 15 is 0 Å². The summed E-state index contributed by atoms with van der Waals surface area (Å²) in [7, 11) is 0. The van der Waals surface area contributed by atoms with E-state index in [-0.39, 0.29) is 0 Å². The van der Waals surface area contributed by atoms with Gasteiger partial charge in [0, 0.05) is 11.8 Å². The SMILES string of the molecule is Cc1cc(C=NNC(N)=O)cc(-c2ccc(F)nc2)c1. The highest BCUT2D eigenvalue weighted by Gasteiger charge is 2.02. The Morgan fingerprint density at radius 3 is 2.80 bits per heavy atom. The summed E-state index contributed by atoms with van der Waals surface area (Å²) in [5, 5.41) is 3.71. The van der Waals surface area contributed by atoms with Crippen molar-refractivity contribution in [1.82, 2.24) is 10.4 Å². The Bertz CT molecular complexity index is 653. The molecule has 0 fully saturated rings. The van der Waals surface area contributed by atoms with Crippen LogP contribution in [0.2, 0.25) is 0 Å². The molecule has 0 bridgehead atoms. The number of halogens is 1. The number of hydrogen-bond acceptors (Lipinski definition) is 3. The summed E-state index contributed by atoms with van der Waals surface area (Å²) in [4.78, 5) is 14.2. The minimum absolute atomic E-state index is 0.520. The van der Waals surface area contributed by atoms with Crippen molar-refractivity contribution in [1.29, 1.82) is 0 Å². The lowest BCUT2D eigenvalue weighted by Crippen LogP contribution is -2.24. The van der Waals surface area contributed by atoms with Crippen molar-refractivity contribution in [2.45, 2.75) is 6.92 Å². The van der Waals surface area contributed by atoms with Crippen LogP contribution in [-0.2, 0) is 0 Å². The van der Waals surface area contributed by atoms with Gasteiger partial charge in [0.2, 0.25) is 5.95 Å². The van der Waals surface area contributed by atoms with Gasteiger partial charge in [-0.05, 0) is 41.8 Å². The topological polar surface area (TPSA) is 80.4 Å². The molecule has 0 atom stereocenters. The minimum Gasteiger partial charge on any atom is -0.350 e. The molecular weight excluding hydrogens is 259 g/mol. The Kier molecular flexibility index (Phi) is 4.05. The number of aryl methyl sites for hydroxylation is 1. The largest absolute Gasteiger partial charge is 0.350 e. The molecule has 1 aromatic heterocycles. The zero-order chi connectivity index (χ0) is 14.5. The van der Waals surface area contributed by atoms with Crippen molar-refractivity contribution in [3.05, 3.63) is 53.6 Å². The van der Waals surface area contributed by atoms with Gasteiger partial charge in [0.25, 0.3) is 0 Å². The second-order valence-electron chi connectivity index (χ2n) is 4.24. The molecule has 0 saturated heterocycles. The molecule has 0 spiro atoms. The van der Waals surface area contributed by atoms with Crippen molar-refractivity contribution in [3.8, 4) is 11.1 Å². The van der Waals surface area contributed by atoms with Crippen molar-refractivity contribution < 1.29 is 9.18 Å². The summed E-state index contributed by atoms with van der Waals surface area (Å²) < 4.78 is 12.8. The highest BCUT2D eigenvalue weighted by molar-refractivity contribution is 5.84. The number of nitrogens with two attached hydrogens (primary N) is 1. The van der Waals surface area contributed by atoms with E-state index in [9.17, 15) is 9.18 Å². The Balaban J connectivity index is 2.31. The van der Waals surface area contributed by atoms with E-state index in [1.807, 2.05) is 25.1 Å². The third kappa shape index (κ3) is 3.61. The number of carbonyl (C=O) groups excluding carboxylic acids is 1. The maximum Gasteiger partial charge on any atom is 0.332 e. The molecule has 0 unspecified atom stereocenters. The van der Waals surface area contributed by atoms with Gasteiger partial charge in [0.15, 0.2) is 0 Å². The van der Waals surface area contributed by atoms with Crippen molar-refractivity contribution >= 4 is 12.2 Å². The lowest BCUT2D eigenvalue weighted by atomic mass is 10.0. The normalized spacial score (nSPS) is 10.7. The average molecular weight is 272 g/mol. The van der Waals surface area contributed by atoms with E-state index < -0.39 is 12.0 Å². The van der Waals surface area contributed by atoms with Gasteiger partial charge in [-0.25, -0.2) is 15.2 Å². The fourth-order valence-corrected chi connectivity index (χ4v) is 1.77. The molecule has 3 N–H and O–H groups in total. The van der Waals surface area contributed by atoms with Crippen molar-refractivity contribution in [3.63, 3.8) is 0 Å². The predicted molar refractivity (Wildman–Crippen MR) is 74.7 cm³/mol. The smallest absolute Gasteiger partial charge is 0.332 e. The van der Waals surface area contributed by atoms with E-state index in [0.717, 1.165) is 22.3 Å². The fraction of sp³-hybridized carbons (Fsp3) is 0.0714. The van der Waals surface area contributed by atoms with Crippen LogP contribution >= 0.6 is 0 Å². The Morgan fingerprint density at radius 1 is 1.35 bits per heavy atom. The summed E-state index contributed by atoms with van der Waals surface area (Å²) in [5.41, 5.74) is 10.5. The van der Waals surface area contributed by atoms with Crippen LogP contribution in [0.15, 0.2) is 41.6 Å². The molecule has 102 valence electrons. The van der Waals surface area contributed by atoms with Gasteiger partial charge in [-0.1, -0.05) is 12.1 Å². The Hall–Kier alpha value is -2.76. The first-order chi connectivity index (χ1) is 9.54. The number of rotatable bonds is 3. The monoisotopic (exact) mass is 272 g/mol. The summed E-state index contributed by atoms with van der Waals surface area (Å²) in [5.74, 6) is -0.520. The molecule has 1 heterocycles. The number of pyridine rings is 1. The second-order valence-corrected chi connectivity index (χ2v) is 4.24. The van der Waals surface area contributed by atoms with Crippen LogP contribution in [0.4, 0.5) is 9.18 Å². The quantitative estimate of drug-likeness (QED) is 0.510. The van der Waals surface area contributed by atoms with Crippen LogP contribution < -0.4 is 11.2 Å². The number of benzene rings is 1. The highest BCUT2D eigenvalue weighted by Crippen LogP contribution is 2.21. The summed E-state index contributed by atoms with van der Waals surface area (Å²) in [6.45, 7) is 1.93. The predicted octanol–water partition coefficient (Wildman–Crippen LogP) is 2.20. The van der Waals surface area contributed by atoms with Crippen LogP contribution in [0, 0.1) is 12.9 Å². The molecule has 1 aromatic carbocycles. The molecule has 20 heavy (non-hydrogen) atoms. The molecule has 0 saturated carbocycles. The van der Waals surface area contributed by atoms with Gasteiger partial charge in [0.05, 0.1) is 6.21 Å². The van der Waals surface area contributed by atoms with Gasteiger partial charge in [-0.3, -0.25) is 0 Å². The van der Waals surface area contributed by atoms with E-state index in [1.54, 1.807) is 6.07 Å². The average Bonchev–Trinajstić information content (AvgIpc) is 2.38. The maximum absolute atomic E-state index is 12.8. The van der Waals surface area contributed by atoms with Gasteiger partial charge < -0.3 is 5.73 Å². The summed E-state index contributed by atoms with van der Waals surface area (Å²) in [6, 6.07) is 7.94. The van der Waals surface area contributed by atoms with Gasteiger partial charge in [-0.15, -0.1) is 0 Å².